The van der Waals surface area contributed by atoms with Gasteiger partial charge < -0.3 is 20.3 Å². The van der Waals surface area contributed by atoms with Gasteiger partial charge in [0, 0.05) is 19.8 Å². The number of carboxylic acid groups (broad SMARTS) is 1. The number of carbonyl (C=O) groups is 1. The molecule has 0 fully saturated rings. The Hall–Kier alpha value is -0.650. The molecule has 0 heterocycles. The SMILES string of the molecule is CCCOCCCNCC(O)CC(=O)O. The first-order valence-electron chi connectivity index (χ1n) is 5.35. The van der Waals surface area contributed by atoms with Crippen molar-refractivity contribution in [3.63, 3.8) is 0 Å². The summed E-state index contributed by atoms with van der Waals surface area (Å²) in [6, 6.07) is 0. The molecule has 1 unspecified atom stereocenters. The van der Waals surface area contributed by atoms with Crippen molar-refractivity contribution >= 4 is 5.97 Å². The molecule has 0 saturated heterocycles. The minimum Gasteiger partial charge on any atom is -0.481 e. The van der Waals surface area contributed by atoms with Crippen molar-refractivity contribution in [3.8, 4) is 0 Å². The molecular weight excluding hydrogens is 198 g/mol. The molecule has 0 aliphatic carbocycles. The second kappa shape index (κ2) is 9.89. The third-order valence-electron chi connectivity index (χ3n) is 1.78. The zero-order chi connectivity index (χ0) is 11.5. The standard InChI is InChI=1S/C10H21NO4/c1-2-5-15-6-3-4-11-8-9(12)7-10(13)14/h9,11-12H,2-8H2,1H3,(H,13,14). The van der Waals surface area contributed by atoms with Crippen molar-refractivity contribution in [2.45, 2.75) is 32.3 Å². The van der Waals surface area contributed by atoms with E-state index in [0.29, 0.717) is 13.2 Å². The fourth-order valence-corrected chi connectivity index (χ4v) is 1.09. The highest BCUT2D eigenvalue weighted by Gasteiger charge is 2.07. The molecule has 0 aromatic carbocycles. The first-order chi connectivity index (χ1) is 7.16. The predicted molar refractivity (Wildman–Crippen MR) is 56.9 cm³/mol. The Labute approximate surface area is 90.4 Å². The number of carboxylic acids is 1. The highest BCUT2D eigenvalue weighted by atomic mass is 16.5. The van der Waals surface area contributed by atoms with Crippen LogP contribution in [0.2, 0.25) is 0 Å². The van der Waals surface area contributed by atoms with E-state index in [0.717, 1.165) is 26.0 Å². The monoisotopic (exact) mass is 219 g/mol. The third-order valence-corrected chi connectivity index (χ3v) is 1.78. The van der Waals surface area contributed by atoms with Gasteiger partial charge in [-0.25, -0.2) is 0 Å². The summed E-state index contributed by atoms with van der Waals surface area (Å²) in [5, 5.41) is 20.5. The Morgan fingerprint density at radius 1 is 1.47 bits per heavy atom. The Bertz CT molecular complexity index is 164. The lowest BCUT2D eigenvalue weighted by atomic mass is 10.2. The molecule has 0 spiro atoms. The summed E-state index contributed by atoms with van der Waals surface area (Å²) in [5.74, 6) is -0.976. The van der Waals surface area contributed by atoms with Gasteiger partial charge in [0.25, 0.3) is 0 Å². The van der Waals surface area contributed by atoms with E-state index in [1.807, 2.05) is 0 Å². The van der Waals surface area contributed by atoms with Gasteiger partial charge >= 0.3 is 5.97 Å². The number of rotatable bonds is 10. The van der Waals surface area contributed by atoms with E-state index in [4.69, 9.17) is 9.84 Å². The number of hydrogen-bond acceptors (Lipinski definition) is 4. The summed E-state index contributed by atoms with van der Waals surface area (Å²) < 4.78 is 5.26. The number of ether oxygens (including phenoxy) is 1. The third kappa shape index (κ3) is 11.3. The van der Waals surface area contributed by atoms with E-state index in [1.54, 1.807) is 0 Å². The molecule has 0 aromatic heterocycles. The molecule has 3 N–H and O–H groups in total. The van der Waals surface area contributed by atoms with Crippen molar-refractivity contribution in [1.82, 2.24) is 5.32 Å². The highest BCUT2D eigenvalue weighted by Crippen LogP contribution is 1.89. The fraction of sp³-hybridized carbons (Fsp3) is 0.900. The predicted octanol–water partition coefficient (Wildman–Crippen LogP) is 0.228. The van der Waals surface area contributed by atoms with Crippen molar-refractivity contribution < 1.29 is 19.7 Å². The van der Waals surface area contributed by atoms with Crippen LogP contribution in [0.4, 0.5) is 0 Å². The van der Waals surface area contributed by atoms with Crippen molar-refractivity contribution in [2.24, 2.45) is 0 Å². The summed E-state index contributed by atoms with van der Waals surface area (Å²) in [5.41, 5.74) is 0. The first-order valence-corrected chi connectivity index (χ1v) is 5.35. The molecule has 0 amide bonds. The lowest BCUT2D eigenvalue weighted by Gasteiger charge is -2.09. The average Bonchev–Trinajstić information content (AvgIpc) is 2.15. The van der Waals surface area contributed by atoms with E-state index >= 15 is 0 Å². The van der Waals surface area contributed by atoms with Crippen LogP contribution >= 0.6 is 0 Å². The Morgan fingerprint density at radius 3 is 2.80 bits per heavy atom. The largest absolute Gasteiger partial charge is 0.481 e. The summed E-state index contributed by atoms with van der Waals surface area (Å²) in [4.78, 5) is 10.2. The normalized spacial score (nSPS) is 12.7. The molecule has 0 bridgehead atoms. The average molecular weight is 219 g/mol. The van der Waals surface area contributed by atoms with Crippen LogP contribution in [0.5, 0.6) is 0 Å². The molecule has 1 atom stereocenters. The molecule has 90 valence electrons. The second-order valence-electron chi connectivity index (χ2n) is 3.42. The molecule has 0 saturated carbocycles. The molecule has 0 aliphatic heterocycles. The van der Waals surface area contributed by atoms with Gasteiger partial charge in [0.2, 0.25) is 0 Å². The molecule has 5 heteroatoms. The molecule has 15 heavy (non-hydrogen) atoms. The van der Waals surface area contributed by atoms with E-state index in [9.17, 15) is 9.90 Å². The van der Waals surface area contributed by atoms with Crippen molar-refractivity contribution in [3.05, 3.63) is 0 Å². The van der Waals surface area contributed by atoms with Gasteiger partial charge in [0.15, 0.2) is 0 Å². The maximum atomic E-state index is 10.2. The molecule has 0 aliphatic rings. The maximum absolute atomic E-state index is 10.2. The summed E-state index contributed by atoms with van der Waals surface area (Å²) in [6.45, 7) is 4.60. The number of aliphatic hydroxyl groups excluding tert-OH is 1. The summed E-state index contributed by atoms with van der Waals surface area (Å²) >= 11 is 0. The Balaban J connectivity index is 3.13. The number of aliphatic hydroxyl groups is 1. The van der Waals surface area contributed by atoms with Crippen molar-refractivity contribution in [1.29, 1.82) is 0 Å². The maximum Gasteiger partial charge on any atom is 0.306 e. The van der Waals surface area contributed by atoms with Crippen LogP contribution in [0, 0.1) is 0 Å². The van der Waals surface area contributed by atoms with Crippen LogP contribution in [0.15, 0.2) is 0 Å². The molecule has 5 nitrogen and oxygen atoms in total. The van der Waals surface area contributed by atoms with Crippen molar-refractivity contribution in [2.75, 3.05) is 26.3 Å². The van der Waals surface area contributed by atoms with Crippen LogP contribution in [0.1, 0.15) is 26.2 Å². The number of nitrogens with one attached hydrogen (secondary N) is 1. The smallest absolute Gasteiger partial charge is 0.306 e. The van der Waals surface area contributed by atoms with E-state index in [-0.39, 0.29) is 6.42 Å². The summed E-state index contributed by atoms with van der Waals surface area (Å²) in [7, 11) is 0. The molecule has 0 rings (SSSR count). The quantitative estimate of drug-likeness (QED) is 0.458. The minimum atomic E-state index is -0.976. The summed E-state index contributed by atoms with van der Waals surface area (Å²) in [6.07, 6.45) is 0.878. The number of hydrogen-bond donors (Lipinski definition) is 3. The van der Waals surface area contributed by atoms with Gasteiger partial charge in [-0.1, -0.05) is 6.92 Å². The topological polar surface area (TPSA) is 78.8 Å². The van der Waals surface area contributed by atoms with Gasteiger partial charge in [-0.3, -0.25) is 4.79 Å². The van der Waals surface area contributed by atoms with E-state index in [2.05, 4.69) is 12.2 Å². The number of aliphatic carboxylic acids is 1. The van der Waals surface area contributed by atoms with Gasteiger partial charge in [-0.2, -0.15) is 0 Å². The first kappa shape index (κ1) is 14.3. The van der Waals surface area contributed by atoms with E-state index < -0.39 is 12.1 Å². The van der Waals surface area contributed by atoms with Gasteiger partial charge in [0.1, 0.15) is 0 Å². The molecule has 0 aromatic rings. The van der Waals surface area contributed by atoms with Crippen LogP contribution in [-0.2, 0) is 9.53 Å². The van der Waals surface area contributed by atoms with Crippen LogP contribution in [-0.4, -0.2) is 48.6 Å². The zero-order valence-electron chi connectivity index (χ0n) is 9.24. The van der Waals surface area contributed by atoms with Gasteiger partial charge in [-0.15, -0.1) is 0 Å². The van der Waals surface area contributed by atoms with Gasteiger partial charge in [-0.05, 0) is 19.4 Å². The lowest BCUT2D eigenvalue weighted by molar-refractivity contribution is -0.139. The molecular formula is C10H21NO4. The second-order valence-corrected chi connectivity index (χ2v) is 3.42. The lowest BCUT2D eigenvalue weighted by Crippen LogP contribution is -2.29. The van der Waals surface area contributed by atoms with Crippen LogP contribution in [0.25, 0.3) is 0 Å². The Kier molecular flexibility index (Phi) is 9.46. The highest BCUT2D eigenvalue weighted by molar-refractivity contribution is 5.67. The van der Waals surface area contributed by atoms with Crippen LogP contribution in [0.3, 0.4) is 0 Å². The van der Waals surface area contributed by atoms with Crippen LogP contribution < -0.4 is 5.32 Å². The molecule has 0 radical (unpaired) electrons. The Morgan fingerprint density at radius 2 is 2.20 bits per heavy atom. The zero-order valence-corrected chi connectivity index (χ0v) is 9.24. The van der Waals surface area contributed by atoms with E-state index in [1.165, 1.54) is 0 Å². The fourth-order valence-electron chi connectivity index (χ4n) is 1.09. The minimum absolute atomic E-state index is 0.209. The van der Waals surface area contributed by atoms with Gasteiger partial charge in [0.05, 0.1) is 12.5 Å².